The van der Waals surface area contributed by atoms with Crippen molar-refractivity contribution in [3.63, 3.8) is 0 Å². The summed E-state index contributed by atoms with van der Waals surface area (Å²) in [7, 11) is 0. The van der Waals surface area contributed by atoms with E-state index in [0.29, 0.717) is 5.69 Å². The van der Waals surface area contributed by atoms with Crippen LogP contribution in [-0.2, 0) is 0 Å². The number of aromatic nitrogens is 4. The van der Waals surface area contributed by atoms with Gasteiger partial charge in [0, 0.05) is 30.3 Å². The Morgan fingerprint density at radius 3 is 2.96 bits per heavy atom. The third-order valence-corrected chi connectivity index (χ3v) is 4.47. The van der Waals surface area contributed by atoms with Crippen molar-refractivity contribution >= 4 is 11.6 Å². The van der Waals surface area contributed by atoms with Gasteiger partial charge in [-0.1, -0.05) is 6.07 Å². The highest BCUT2D eigenvalue weighted by Crippen LogP contribution is 2.31. The van der Waals surface area contributed by atoms with Crippen molar-refractivity contribution in [3.05, 3.63) is 53.5 Å². The van der Waals surface area contributed by atoms with Gasteiger partial charge in [-0.3, -0.25) is 4.79 Å². The first-order chi connectivity index (χ1) is 11.1. The largest absolute Gasteiger partial charge is 0.344 e. The van der Waals surface area contributed by atoms with E-state index in [1.54, 1.807) is 0 Å². The molecule has 118 valence electrons. The first kappa shape index (κ1) is 14.0. The van der Waals surface area contributed by atoms with Crippen LogP contribution < -0.4 is 0 Å². The van der Waals surface area contributed by atoms with Crippen LogP contribution in [0.25, 0.3) is 5.65 Å². The van der Waals surface area contributed by atoms with Gasteiger partial charge in [0.05, 0.1) is 6.04 Å². The molecule has 1 amide bonds. The average Bonchev–Trinajstić information content (AvgIpc) is 3.24. The number of hydrogen-bond acceptors (Lipinski definition) is 3. The van der Waals surface area contributed by atoms with E-state index in [0.717, 1.165) is 42.2 Å². The second kappa shape index (κ2) is 5.22. The molecule has 4 rings (SSSR count). The Morgan fingerprint density at radius 2 is 2.22 bits per heavy atom. The Balaban J connectivity index is 1.68. The van der Waals surface area contributed by atoms with Gasteiger partial charge in [0.15, 0.2) is 0 Å². The molecule has 3 aromatic rings. The maximum atomic E-state index is 12.9. The molecule has 1 atom stereocenters. The third-order valence-electron chi connectivity index (χ3n) is 4.47. The molecule has 0 aliphatic carbocycles. The maximum absolute atomic E-state index is 12.9. The van der Waals surface area contributed by atoms with Gasteiger partial charge in [0.25, 0.3) is 5.91 Å². The number of carbonyl (C=O) groups is 1. The van der Waals surface area contributed by atoms with Gasteiger partial charge in [-0.15, -0.1) is 0 Å². The van der Waals surface area contributed by atoms with Crippen LogP contribution in [-0.4, -0.2) is 36.7 Å². The Kier molecular flexibility index (Phi) is 3.18. The number of nitrogens with one attached hydrogen (secondary N) is 1. The van der Waals surface area contributed by atoms with Gasteiger partial charge >= 0.3 is 0 Å². The number of rotatable bonds is 2. The first-order valence-corrected chi connectivity index (χ1v) is 7.90. The number of aryl methyl sites for hydroxylation is 2. The summed E-state index contributed by atoms with van der Waals surface area (Å²) >= 11 is 0. The van der Waals surface area contributed by atoms with Crippen LogP contribution in [0.2, 0.25) is 0 Å². The number of carbonyl (C=O) groups excluding carboxylic acids is 1. The molecule has 6 heteroatoms. The molecule has 0 aromatic carbocycles. The summed E-state index contributed by atoms with van der Waals surface area (Å²) in [6, 6.07) is 5.90. The smallest absolute Gasteiger partial charge is 0.274 e. The van der Waals surface area contributed by atoms with Gasteiger partial charge in [-0.05, 0) is 38.8 Å². The number of H-pyrrole nitrogens is 1. The topological polar surface area (TPSA) is 66.3 Å². The fourth-order valence-electron chi connectivity index (χ4n) is 3.29. The minimum atomic E-state index is -0.0235. The summed E-state index contributed by atoms with van der Waals surface area (Å²) in [5.74, 6) is 0.845. The van der Waals surface area contributed by atoms with E-state index in [9.17, 15) is 4.79 Å². The quantitative estimate of drug-likeness (QED) is 0.791. The lowest BCUT2D eigenvalue weighted by Crippen LogP contribution is -2.31. The number of likely N-dealkylation sites (tertiary alicyclic amines) is 1. The molecule has 4 heterocycles. The van der Waals surface area contributed by atoms with Crippen molar-refractivity contribution in [2.75, 3.05) is 6.54 Å². The fraction of sp³-hybridized carbons (Fsp3) is 0.353. The number of pyridine rings is 1. The van der Waals surface area contributed by atoms with E-state index < -0.39 is 0 Å². The minimum absolute atomic E-state index is 0.0158. The number of nitrogens with zero attached hydrogens (tertiary/aromatic N) is 4. The van der Waals surface area contributed by atoms with Crippen LogP contribution in [0.5, 0.6) is 0 Å². The summed E-state index contributed by atoms with van der Waals surface area (Å²) in [5.41, 5.74) is 3.38. The molecule has 0 saturated carbocycles. The predicted octanol–water partition coefficient (Wildman–Crippen LogP) is 2.65. The number of imidazole rings is 2. The zero-order chi connectivity index (χ0) is 16.0. The lowest BCUT2D eigenvalue weighted by Gasteiger charge is -2.22. The summed E-state index contributed by atoms with van der Waals surface area (Å²) in [6.07, 6.45) is 5.56. The van der Waals surface area contributed by atoms with Crippen LogP contribution in [0.4, 0.5) is 0 Å². The SMILES string of the molecule is Cc1cnc([C@@H]2CCCN2C(=O)c2cn3c(C)cccc3n2)[nH]1. The molecule has 0 spiro atoms. The van der Waals surface area contributed by atoms with Crippen LogP contribution in [0.15, 0.2) is 30.6 Å². The van der Waals surface area contributed by atoms with Crippen molar-refractivity contribution in [1.29, 1.82) is 0 Å². The van der Waals surface area contributed by atoms with Crippen molar-refractivity contribution in [2.45, 2.75) is 32.7 Å². The van der Waals surface area contributed by atoms with Crippen LogP contribution in [0.1, 0.15) is 46.6 Å². The molecule has 1 aliphatic rings. The third kappa shape index (κ3) is 2.30. The molecule has 0 unspecified atom stereocenters. The van der Waals surface area contributed by atoms with Crippen LogP contribution in [0, 0.1) is 13.8 Å². The lowest BCUT2D eigenvalue weighted by molar-refractivity contribution is 0.0725. The van der Waals surface area contributed by atoms with Gasteiger partial charge in [-0.25, -0.2) is 9.97 Å². The molecule has 23 heavy (non-hydrogen) atoms. The van der Waals surface area contributed by atoms with Crippen molar-refractivity contribution < 1.29 is 4.79 Å². The number of aromatic amines is 1. The van der Waals surface area contributed by atoms with E-state index in [2.05, 4.69) is 15.0 Å². The molecule has 0 radical (unpaired) electrons. The molecule has 1 N–H and O–H groups in total. The van der Waals surface area contributed by atoms with Crippen LogP contribution in [0.3, 0.4) is 0 Å². The molecule has 3 aromatic heterocycles. The summed E-state index contributed by atoms with van der Waals surface area (Å²) in [6.45, 7) is 4.73. The lowest BCUT2D eigenvalue weighted by atomic mass is 10.2. The Bertz CT molecular complexity index is 878. The highest BCUT2D eigenvalue weighted by Gasteiger charge is 2.33. The molecule has 1 fully saturated rings. The Morgan fingerprint density at radius 1 is 1.35 bits per heavy atom. The van der Waals surface area contributed by atoms with Crippen molar-refractivity contribution in [3.8, 4) is 0 Å². The zero-order valence-corrected chi connectivity index (χ0v) is 13.3. The predicted molar refractivity (Wildman–Crippen MR) is 86.3 cm³/mol. The summed E-state index contributed by atoms with van der Waals surface area (Å²) < 4.78 is 1.95. The summed E-state index contributed by atoms with van der Waals surface area (Å²) in [5, 5.41) is 0. The standard InChI is InChI=1S/C17H19N5O/c1-11-9-18-16(19-11)14-6-4-8-21(14)17(23)13-10-22-12(2)5-3-7-15(22)20-13/h3,5,7,9-10,14H,4,6,8H2,1-2H3,(H,18,19)/t14-/m0/s1. The van der Waals surface area contributed by atoms with E-state index in [4.69, 9.17) is 0 Å². The number of fused-ring (bicyclic) bond motifs is 1. The van der Waals surface area contributed by atoms with E-state index >= 15 is 0 Å². The van der Waals surface area contributed by atoms with Crippen molar-refractivity contribution in [2.24, 2.45) is 0 Å². The maximum Gasteiger partial charge on any atom is 0.274 e. The molecule has 1 aliphatic heterocycles. The number of amides is 1. The molecule has 6 nitrogen and oxygen atoms in total. The normalized spacial score (nSPS) is 18.0. The monoisotopic (exact) mass is 309 g/mol. The van der Waals surface area contributed by atoms with E-state index in [1.807, 2.05) is 53.7 Å². The Labute approximate surface area is 134 Å². The molecular weight excluding hydrogens is 290 g/mol. The second-order valence-corrected chi connectivity index (χ2v) is 6.13. The van der Waals surface area contributed by atoms with Crippen LogP contribution >= 0.6 is 0 Å². The van der Waals surface area contributed by atoms with Gasteiger partial charge in [0.2, 0.25) is 0 Å². The van der Waals surface area contributed by atoms with Gasteiger partial charge in [0.1, 0.15) is 17.2 Å². The summed E-state index contributed by atoms with van der Waals surface area (Å²) in [4.78, 5) is 27.0. The molecule has 1 saturated heterocycles. The Hall–Kier alpha value is -2.63. The van der Waals surface area contributed by atoms with Gasteiger partial charge in [-0.2, -0.15) is 0 Å². The average molecular weight is 309 g/mol. The second-order valence-electron chi connectivity index (χ2n) is 6.13. The minimum Gasteiger partial charge on any atom is -0.344 e. The van der Waals surface area contributed by atoms with Gasteiger partial charge < -0.3 is 14.3 Å². The van der Waals surface area contributed by atoms with Crippen molar-refractivity contribution in [1.82, 2.24) is 24.3 Å². The highest BCUT2D eigenvalue weighted by atomic mass is 16.2. The molecule has 0 bridgehead atoms. The number of hydrogen-bond donors (Lipinski definition) is 1. The fourth-order valence-corrected chi connectivity index (χ4v) is 3.29. The zero-order valence-electron chi connectivity index (χ0n) is 13.3. The van der Waals surface area contributed by atoms with E-state index in [1.165, 1.54) is 0 Å². The highest BCUT2D eigenvalue weighted by molar-refractivity contribution is 5.93. The first-order valence-electron chi connectivity index (χ1n) is 7.90. The molecular formula is C17H19N5O. The van der Waals surface area contributed by atoms with E-state index in [-0.39, 0.29) is 11.9 Å².